The molecular formula is C14H23N3O3. The molecule has 1 aromatic heterocycles. The number of nitrogen functional groups attached to an aromatic ring is 1. The number of pyridine rings is 1. The van der Waals surface area contributed by atoms with Gasteiger partial charge in [-0.1, -0.05) is 6.92 Å². The second-order valence-electron chi connectivity index (χ2n) is 5.07. The number of hydrogen-bond acceptors (Lipinski definition) is 6. The van der Waals surface area contributed by atoms with Gasteiger partial charge in [-0.2, -0.15) is 4.98 Å². The molecule has 20 heavy (non-hydrogen) atoms. The molecule has 1 fully saturated rings. The van der Waals surface area contributed by atoms with Gasteiger partial charge in [0.2, 0.25) is 5.88 Å². The number of ether oxygens (including phenoxy) is 2. The maximum Gasteiger partial charge on any atom is 0.239 e. The van der Waals surface area contributed by atoms with Crippen LogP contribution in [0.3, 0.4) is 0 Å². The van der Waals surface area contributed by atoms with Gasteiger partial charge in [0.1, 0.15) is 5.82 Å². The lowest BCUT2D eigenvalue weighted by molar-refractivity contribution is -0.0423. The molecule has 0 aromatic carbocycles. The first-order valence-corrected chi connectivity index (χ1v) is 7.04. The van der Waals surface area contributed by atoms with E-state index in [1.807, 2.05) is 19.9 Å². The van der Waals surface area contributed by atoms with Crippen molar-refractivity contribution in [2.75, 3.05) is 36.9 Å². The molecule has 0 radical (unpaired) electrons. The molecule has 1 saturated heterocycles. The normalized spacial score (nSPS) is 22.9. The van der Waals surface area contributed by atoms with E-state index in [1.54, 1.807) is 6.07 Å². The fraction of sp³-hybridized carbons (Fsp3) is 0.643. The van der Waals surface area contributed by atoms with Gasteiger partial charge in [0, 0.05) is 13.1 Å². The second kappa shape index (κ2) is 6.76. The summed E-state index contributed by atoms with van der Waals surface area (Å²) in [5.74, 6) is 1.28. The van der Waals surface area contributed by atoms with Crippen molar-refractivity contribution in [3.63, 3.8) is 0 Å². The van der Waals surface area contributed by atoms with E-state index in [1.165, 1.54) is 0 Å². The summed E-state index contributed by atoms with van der Waals surface area (Å²) in [6.07, 6.45) is 0.783. The lowest BCUT2D eigenvalue weighted by Gasteiger charge is -2.36. The van der Waals surface area contributed by atoms with Crippen LogP contribution >= 0.6 is 0 Å². The van der Waals surface area contributed by atoms with Gasteiger partial charge in [-0.3, -0.25) is 0 Å². The van der Waals surface area contributed by atoms with Gasteiger partial charge < -0.3 is 25.2 Å². The Morgan fingerprint density at radius 2 is 2.30 bits per heavy atom. The first-order valence-electron chi connectivity index (χ1n) is 7.04. The third kappa shape index (κ3) is 3.52. The molecule has 1 aliphatic heterocycles. The molecule has 2 rings (SSSR count). The van der Waals surface area contributed by atoms with Gasteiger partial charge in [0.25, 0.3) is 0 Å². The van der Waals surface area contributed by atoms with Crippen LogP contribution in [0.2, 0.25) is 0 Å². The number of aromatic nitrogens is 1. The first kappa shape index (κ1) is 14.9. The standard InChI is InChI=1S/C14H23N3O3/c1-3-6-19-14-12(15)4-5-13(16-14)17-7-10(2)20-11(8-17)9-18/h4-5,10-11,18H,3,6-9,15H2,1-2H3. The Balaban J connectivity index is 2.14. The molecule has 6 heteroatoms. The van der Waals surface area contributed by atoms with Crippen LogP contribution in [0.4, 0.5) is 11.5 Å². The highest BCUT2D eigenvalue weighted by Gasteiger charge is 2.26. The molecular weight excluding hydrogens is 258 g/mol. The monoisotopic (exact) mass is 281 g/mol. The molecule has 1 aliphatic rings. The Bertz CT molecular complexity index is 442. The minimum Gasteiger partial charge on any atom is -0.476 e. The number of rotatable bonds is 5. The summed E-state index contributed by atoms with van der Waals surface area (Å²) in [7, 11) is 0. The van der Waals surface area contributed by atoms with Crippen molar-refractivity contribution in [3.05, 3.63) is 12.1 Å². The van der Waals surface area contributed by atoms with Crippen molar-refractivity contribution in [2.24, 2.45) is 0 Å². The fourth-order valence-electron chi connectivity index (χ4n) is 2.27. The van der Waals surface area contributed by atoms with Gasteiger partial charge in [-0.15, -0.1) is 0 Å². The Morgan fingerprint density at radius 3 is 3.00 bits per heavy atom. The van der Waals surface area contributed by atoms with Crippen LogP contribution in [0.15, 0.2) is 12.1 Å². The molecule has 2 unspecified atom stereocenters. The van der Waals surface area contributed by atoms with Crippen molar-refractivity contribution in [1.29, 1.82) is 0 Å². The summed E-state index contributed by atoms with van der Waals surface area (Å²) in [5, 5.41) is 9.27. The van der Waals surface area contributed by atoms with E-state index in [0.717, 1.165) is 18.8 Å². The smallest absolute Gasteiger partial charge is 0.239 e. The summed E-state index contributed by atoms with van der Waals surface area (Å²) in [5.41, 5.74) is 6.41. The Kier molecular flexibility index (Phi) is 5.03. The second-order valence-corrected chi connectivity index (χ2v) is 5.07. The Morgan fingerprint density at radius 1 is 1.50 bits per heavy atom. The van der Waals surface area contributed by atoms with Gasteiger partial charge in [-0.05, 0) is 25.5 Å². The van der Waals surface area contributed by atoms with Crippen molar-refractivity contribution >= 4 is 11.5 Å². The molecule has 0 amide bonds. The zero-order valence-corrected chi connectivity index (χ0v) is 12.1. The Labute approximate surface area is 119 Å². The van der Waals surface area contributed by atoms with Crippen molar-refractivity contribution in [2.45, 2.75) is 32.5 Å². The lowest BCUT2D eigenvalue weighted by Crippen LogP contribution is -2.48. The van der Waals surface area contributed by atoms with E-state index < -0.39 is 0 Å². The van der Waals surface area contributed by atoms with Crippen LogP contribution < -0.4 is 15.4 Å². The van der Waals surface area contributed by atoms with E-state index in [0.29, 0.717) is 24.7 Å². The van der Waals surface area contributed by atoms with Gasteiger partial charge in [0.15, 0.2) is 0 Å². The van der Waals surface area contributed by atoms with Gasteiger partial charge in [0.05, 0.1) is 31.1 Å². The van der Waals surface area contributed by atoms with Gasteiger partial charge in [-0.25, -0.2) is 0 Å². The zero-order valence-electron chi connectivity index (χ0n) is 12.1. The summed E-state index contributed by atoms with van der Waals surface area (Å²) in [6.45, 7) is 5.98. The number of anilines is 2. The van der Waals surface area contributed by atoms with Crippen LogP contribution in [0.1, 0.15) is 20.3 Å². The highest BCUT2D eigenvalue weighted by Crippen LogP contribution is 2.25. The summed E-state index contributed by atoms with van der Waals surface area (Å²) >= 11 is 0. The molecule has 2 heterocycles. The zero-order chi connectivity index (χ0) is 14.5. The highest BCUT2D eigenvalue weighted by atomic mass is 16.5. The summed E-state index contributed by atoms with van der Waals surface area (Å²) in [4.78, 5) is 6.57. The van der Waals surface area contributed by atoms with Crippen LogP contribution in [0, 0.1) is 0 Å². The number of aliphatic hydroxyl groups is 1. The van der Waals surface area contributed by atoms with E-state index in [2.05, 4.69) is 9.88 Å². The fourth-order valence-corrected chi connectivity index (χ4v) is 2.27. The number of morpholine rings is 1. The van der Waals surface area contributed by atoms with Crippen molar-refractivity contribution < 1.29 is 14.6 Å². The molecule has 0 spiro atoms. The number of aliphatic hydroxyl groups excluding tert-OH is 1. The number of nitrogens with two attached hydrogens (primary N) is 1. The maximum atomic E-state index is 9.27. The Hall–Kier alpha value is -1.53. The average Bonchev–Trinajstić information content (AvgIpc) is 2.45. The summed E-state index contributed by atoms with van der Waals surface area (Å²) < 4.78 is 11.2. The third-order valence-electron chi connectivity index (χ3n) is 3.17. The molecule has 0 aliphatic carbocycles. The molecule has 112 valence electrons. The first-order chi connectivity index (χ1) is 9.63. The van der Waals surface area contributed by atoms with Crippen LogP contribution in [0.25, 0.3) is 0 Å². The van der Waals surface area contributed by atoms with Gasteiger partial charge >= 0.3 is 0 Å². The van der Waals surface area contributed by atoms with Crippen molar-refractivity contribution in [3.8, 4) is 5.88 Å². The van der Waals surface area contributed by atoms with Crippen LogP contribution in [-0.2, 0) is 4.74 Å². The molecule has 3 N–H and O–H groups in total. The minimum absolute atomic E-state index is 0.00893. The maximum absolute atomic E-state index is 9.27. The molecule has 6 nitrogen and oxygen atoms in total. The topological polar surface area (TPSA) is 80.8 Å². The minimum atomic E-state index is -0.182. The third-order valence-corrected chi connectivity index (χ3v) is 3.17. The summed E-state index contributed by atoms with van der Waals surface area (Å²) in [6, 6.07) is 3.68. The molecule has 0 bridgehead atoms. The number of hydrogen-bond donors (Lipinski definition) is 2. The molecule has 1 aromatic rings. The van der Waals surface area contributed by atoms with E-state index in [4.69, 9.17) is 15.2 Å². The lowest BCUT2D eigenvalue weighted by atomic mass is 10.2. The molecule has 2 atom stereocenters. The van der Waals surface area contributed by atoms with E-state index >= 15 is 0 Å². The van der Waals surface area contributed by atoms with E-state index in [9.17, 15) is 5.11 Å². The molecule has 0 saturated carbocycles. The average molecular weight is 281 g/mol. The largest absolute Gasteiger partial charge is 0.476 e. The quantitative estimate of drug-likeness (QED) is 0.839. The van der Waals surface area contributed by atoms with Crippen LogP contribution in [-0.4, -0.2) is 48.6 Å². The number of nitrogens with zero attached hydrogens (tertiary/aromatic N) is 2. The predicted octanol–water partition coefficient (Wildman–Crippen LogP) is 1.04. The highest BCUT2D eigenvalue weighted by molar-refractivity contribution is 5.54. The van der Waals surface area contributed by atoms with Crippen LogP contribution in [0.5, 0.6) is 5.88 Å². The van der Waals surface area contributed by atoms with Crippen molar-refractivity contribution in [1.82, 2.24) is 4.98 Å². The predicted molar refractivity (Wildman–Crippen MR) is 78.1 cm³/mol. The SMILES string of the molecule is CCCOc1nc(N2CC(C)OC(CO)C2)ccc1N. The van der Waals surface area contributed by atoms with E-state index in [-0.39, 0.29) is 18.8 Å².